The molecule has 0 aliphatic rings. The summed E-state index contributed by atoms with van der Waals surface area (Å²) in [6.07, 6.45) is -0.0238. The highest BCUT2D eigenvalue weighted by molar-refractivity contribution is 5.99. The van der Waals surface area contributed by atoms with Gasteiger partial charge >= 0.3 is 11.9 Å². The van der Waals surface area contributed by atoms with E-state index in [-0.39, 0.29) is 35.1 Å². The SMILES string of the molecule is N=C(N)c1ccc2cc(OC(=O)c3ccc(C(N)C(=O)Cc4ccc(C(=O)O)cc4)o3)ccc2c1. The molecule has 1 unspecified atom stereocenters. The highest BCUT2D eigenvalue weighted by Crippen LogP contribution is 2.24. The van der Waals surface area contributed by atoms with Crippen LogP contribution in [-0.2, 0) is 11.2 Å². The number of carboxylic acid groups (broad SMARTS) is 1. The first-order chi connectivity index (χ1) is 16.7. The fourth-order valence-corrected chi connectivity index (χ4v) is 3.48. The number of carbonyl (C=O) groups is 3. The average Bonchev–Trinajstić information content (AvgIpc) is 3.34. The monoisotopic (exact) mass is 471 g/mol. The van der Waals surface area contributed by atoms with Crippen molar-refractivity contribution < 1.29 is 28.6 Å². The first kappa shape index (κ1) is 23.4. The van der Waals surface area contributed by atoms with E-state index < -0.39 is 18.0 Å². The number of rotatable bonds is 8. The van der Waals surface area contributed by atoms with Gasteiger partial charge in [-0.15, -0.1) is 0 Å². The van der Waals surface area contributed by atoms with Crippen molar-refractivity contribution in [2.24, 2.45) is 11.5 Å². The second-order valence-electron chi connectivity index (χ2n) is 7.85. The van der Waals surface area contributed by atoms with Gasteiger partial charge in [0.05, 0.1) is 5.56 Å². The number of aromatic carboxylic acids is 1. The molecule has 0 saturated heterocycles. The Balaban J connectivity index is 1.42. The number of benzene rings is 3. The molecule has 35 heavy (non-hydrogen) atoms. The van der Waals surface area contributed by atoms with Crippen molar-refractivity contribution in [1.82, 2.24) is 0 Å². The summed E-state index contributed by atoms with van der Waals surface area (Å²) in [6.45, 7) is 0. The predicted octanol–water partition coefficient (Wildman–Crippen LogP) is 3.45. The molecule has 4 aromatic rings. The van der Waals surface area contributed by atoms with E-state index in [1.165, 1.54) is 24.3 Å². The van der Waals surface area contributed by atoms with E-state index in [1.807, 2.05) is 0 Å². The molecule has 0 radical (unpaired) electrons. The maximum Gasteiger partial charge on any atom is 0.379 e. The molecule has 176 valence electrons. The molecular formula is C26H21N3O6. The Morgan fingerprint density at radius 3 is 2.26 bits per heavy atom. The quantitative estimate of drug-likeness (QED) is 0.131. The summed E-state index contributed by atoms with van der Waals surface area (Å²) in [5, 5.41) is 18.1. The van der Waals surface area contributed by atoms with E-state index in [1.54, 1.807) is 48.5 Å². The normalized spacial score (nSPS) is 11.7. The number of amidine groups is 1. The molecule has 3 aromatic carbocycles. The van der Waals surface area contributed by atoms with E-state index >= 15 is 0 Å². The molecule has 0 aliphatic heterocycles. The van der Waals surface area contributed by atoms with Crippen molar-refractivity contribution >= 4 is 34.3 Å². The number of Topliss-reactive ketones (excluding diaryl/α,β-unsaturated/α-hetero) is 1. The van der Waals surface area contributed by atoms with E-state index in [0.29, 0.717) is 16.9 Å². The first-order valence-electron chi connectivity index (χ1n) is 10.5. The highest BCUT2D eigenvalue weighted by atomic mass is 16.5. The van der Waals surface area contributed by atoms with Gasteiger partial charge in [0.1, 0.15) is 23.4 Å². The number of ether oxygens (including phenoxy) is 1. The van der Waals surface area contributed by atoms with Gasteiger partial charge in [0.2, 0.25) is 5.76 Å². The van der Waals surface area contributed by atoms with Gasteiger partial charge < -0.3 is 25.7 Å². The summed E-state index contributed by atoms with van der Waals surface area (Å²) in [5.41, 5.74) is 12.8. The summed E-state index contributed by atoms with van der Waals surface area (Å²) in [7, 11) is 0. The molecule has 0 saturated carbocycles. The number of nitrogen functional groups attached to an aromatic ring is 1. The van der Waals surface area contributed by atoms with Crippen LogP contribution < -0.4 is 16.2 Å². The number of nitrogens with one attached hydrogen (secondary N) is 1. The maximum atomic E-state index is 12.6. The minimum atomic E-state index is -1.10. The Labute approximate surface area is 199 Å². The smallest absolute Gasteiger partial charge is 0.379 e. The summed E-state index contributed by atoms with van der Waals surface area (Å²) in [5.74, 6) is -1.91. The van der Waals surface area contributed by atoms with Crippen LogP contribution >= 0.6 is 0 Å². The largest absolute Gasteiger partial charge is 0.478 e. The van der Waals surface area contributed by atoms with Crippen LogP contribution in [0.3, 0.4) is 0 Å². The predicted molar refractivity (Wildman–Crippen MR) is 128 cm³/mol. The van der Waals surface area contributed by atoms with Crippen molar-refractivity contribution in [2.75, 3.05) is 0 Å². The van der Waals surface area contributed by atoms with E-state index in [2.05, 4.69) is 0 Å². The molecule has 9 heteroatoms. The van der Waals surface area contributed by atoms with Crippen molar-refractivity contribution in [2.45, 2.75) is 12.5 Å². The van der Waals surface area contributed by atoms with Crippen molar-refractivity contribution in [3.8, 4) is 5.75 Å². The third-order valence-corrected chi connectivity index (χ3v) is 5.39. The lowest BCUT2D eigenvalue weighted by molar-refractivity contribution is -0.120. The summed E-state index contributed by atoms with van der Waals surface area (Å²) in [4.78, 5) is 36.0. The molecule has 4 rings (SSSR count). The van der Waals surface area contributed by atoms with Crippen LogP contribution in [0.25, 0.3) is 10.8 Å². The lowest BCUT2D eigenvalue weighted by Gasteiger charge is -2.08. The van der Waals surface area contributed by atoms with Crippen molar-refractivity contribution in [3.05, 3.63) is 101 Å². The number of nitrogens with two attached hydrogens (primary N) is 2. The molecule has 0 fully saturated rings. The lowest BCUT2D eigenvalue weighted by atomic mass is 10.0. The van der Waals surface area contributed by atoms with Crippen molar-refractivity contribution in [1.29, 1.82) is 5.41 Å². The van der Waals surface area contributed by atoms with Gasteiger partial charge in [0.15, 0.2) is 5.78 Å². The van der Waals surface area contributed by atoms with E-state index in [0.717, 1.165) is 10.8 Å². The van der Waals surface area contributed by atoms with Crippen LogP contribution in [0.1, 0.15) is 43.8 Å². The lowest BCUT2D eigenvalue weighted by Crippen LogP contribution is -2.22. The molecule has 6 N–H and O–H groups in total. The zero-order chi connectivity index (χ0) is 25.1. The molecule has 0 amide bonds. The Kier molecular flexibility index (Phi) is 6.43. The van der Waals surface area contributed by atoms with Gasteiger partial charge in [-0.3, -0.25) is 10.2 Å². The van der Waals surface area contributed by atoms with Gasteiger partial charge in [0.25, 0.3) is 0 Å². The maximum absolute atomic E-state index is 12.6. The molecule has 0 spiro atoms. The zero-order valence-corrected chi connectivity index (χ0v) is 18.4. The fourth-order valence-electron chi connectivity index (χ4n) is 3.48. The van der Waals surface area contributed by atoms with Crippen molar-refractivity contribution in [3.63, 3.8) is 0 Å². The number of furan rings is 1. The second kappa shape index (κ2) is 9.62. The molecule has 1 heterocycles. The number of carboxylic acids is 1. The topological polar surface area (TPSA) is 170 Å². The second-order valence-corrected chi connectivity index (χ2v) is 7.85. The number of ketones is 1. The number of carbonyl (C=O) groups excluding carboxylic acids is 2. The van der Waals surface area contributed by atoms with Gasteiger partial charge in [0, 0.05) is 12.0 Å². The van der Waals surface area contributed by atoms with Crippen LogP contribution in [0.15, 0.2) is 77.2 Å². The third kappa shape index (κ3) is 5.26. The number of hydrogen-bond acceptors (Lipinski definition) is 7. The Morgan fingerprint density at radius 1 is 0.914 bits per heavy atom. The van der Waals surface area contributed by atoms with Gasteiger partial charge in [-0.25, -0.2) is 9.59 Å². The zero-order valence-electron chi connectivity index (χ0n) is 18.4. The molecule has 0 bridgehead atoms. The van der Waals surface area contributed by atoms with Gasteiger partial charge in [-0.2, -0.15) is 0 Å². The van der Waals surface area contributed by atoms with Crippen LogP contribution in [0, 0.1) is 5.41 Å². The minimum absolute atomic E-state index is 0.0238. The van der Waals surface area contributed by atoms with Crippen LogP contribution in [0.5, 0.6) is 5.75 Å². The van der Waals surface area contributed by atoms with Crippen LogP contribution in [0.4, 0.5) is 0 Å². The number of hydrogen-bond donors (Lipinski definition) is 4. The fraction of sp³-hybridized carbons (Fsp3) is 0.0769. The average molecular weight is 471 g/mol. The molecule has 1 aromatic heterocycles. The third-order valence-electron chi connectivity index (χ3n) is 5.39. The Hall–Kier alpha value is -4.76. The molecule has 9 nitrogen and oxygen atoms in total. The Morgan fingerprint density at radius 2 is 1.57 bits per heavy atom. The number of esters is 1. The summed E-state index contributed by atoms with van der Waals surface area (Å²) >= 11 is 0. The van der Waals surface area contributed by atoms with Crippen LogP contribution in [-0.4, -0.2) is 28.7 Å². The Bertz CT molecular complexity index is 1460. The molecule has 0 aliphatic carbocycles. The summed E-state index contributed by atoms with van der Waals surface area (Å²) in [6, 6.07) is 17.9. The first-order valence-corrected chi connectivity index (χ1v) is 10.5. The van der Waals surface area contributed by atoms with E-state index in [9.17, 15) is 14.4 Å². The van der Waals surface area contributed by atoms with Gasteiger partial charge in [-0.1, -0.05) is 30.3 Å². The van der Waals surface area contributed by atoms with E-state index in [4.69, 9.17) is 31.1 Å². The standard InChI is InChI=1S/C26H21N3O6/c27-23(20(30)11-14-1-3-15(4-2-14)25(31)32)21-9-10-22(35-21)26(33)34-19-8-7-16-12-18(24(28)29)6-5-17(16)13-19/h1-10,12-13,23H,11,27H2,(H3,28,29)(H,31,32). The van der Waals surface area contributed by atoms with Gasteiger partial charge in [-0.05, 0) is 58.8 Å². The molecule has 1 atom stereocenters. The molecular weight excluding hydrogens is 450 g/mol. The van der Waals surface area contributed by atoms with Crippen LogP contribution in [0.2, 0.25) is 0 Å². The minimum Gasteiger partial charge on any atom is -0.478 e. The number of fused-ring (bicyclic) bond motifs is 1. The summed E-state index contributed by atoms with van der Waals surface area (Å²) < 4.78 is 10.9. The highest BCUT2D eigenvalue weighted by Gasteiger charge is 2.22.